The fourth-order valence-electron chi connectivity index (χ4n) is 2.87. The summed E-state index contributed by atoms with van der Waals surface area (Å²) in [4.78, 5) is 31.1. The number of benzene rings is 1. The van der Waals surface area contributed by atoms with Crippen LogP contribution < -0.4 is 10.9 Å². The molecule has 0 saturated carbocycles. The number of rotatable bonds is 5. The topological polar surface area (TPSA) is 64.0 Å². The first-order valence-corrected chi connectivity index (χ1v) is 9.57. The van der Waals surface area contributed by atoms with Gasteiger partial charge < -0.3 is 5.32 Å². The van der Waals surface area contributed by atoms with Crippen molar-refractivity contribution in [1.82, 2.24) is 9.55 Å². The van der Waals surface area contributed by atoms with E-state index in [9.17, 15) is 9.59 Å². The zero-order valence-electron chi connectivity index (χ0n) is 15.5. The van der Waals surface area contributed by atoms with Crippen molar-refractivity contribution in [2.24, 2.45) is 0 Å². The molecule has 26 heavy (non-hydrogen) atoms. The fraction of sp³-hybridized carbons (Fsp3) is 0.350. The van der Waals surface area contributed by atoms with Crippen molar-refractivity contribution in [3.63, 3.8) is 0 Å². The number of carbonyl (C=O) groups excluding carboxylic acids is 1. The molecule has 0 aliphatic heterocycles. The molecular weight excluding hydrogens is 346 g/mol. The first-order valence-electron chi connectivity index (χ1n) is 8.75. The third-order valence-corrected chi connectivity index (χ3v) is 5.96. The van der Waals surface area contributed by atoms with Gasteiger partial charge in [-0.25, -0.2) is 4.98 Å². The van der Waals surface area contributed by atoms with Crippen molar-refractivity contribution in [2.45, 2.75) is 46.6 Å². The van der Waals surface area contributed by atoms with Gasteiger partial charge in [0.25, 0.3) is 5.56 Å². The normalized spacial score (nSPS) is 12.3. The average Bonchev–Trinajstić information content (AvgIpc) is 2.92. The van der Waals surface area contributed by atoms with Gasteiger partial charge >= 0.3 is 0 Å². The van der Waals surface area contributed by atoms with Gasteiger partial charge in [0.1, 0.15) is 11.4 Å². The zero-order valence-corrected chi connectivity index (χ0v) is 16.3. The van der Waals surface area contributed by atoms with Crippen molar-refractivity contribution in [1.29, 1.82) is 0 Å². The van der Waals surface area contributed by atoms with E-state index < -0.39 is 0 Å². The number of fused-ring (bicyclic) bond motifs is 1. The summed E-state index contributed by atoms with van der Waals surface area (Å²) in [6.45, 7) is 8.17. The first-order chi connectivity index (χ1) is 12.4. The number of nitrogens with one attached hydrogen (secondary N) is 1. The molecule has 1 atom stereocenters. The molecule has 0 fully saturated rings. The van der Waals surface area contributed by atoms with E-state index in [2.05, 4.69) is 24.1 Å². The van der Waals surface area contributed by atoms with E-state index >= 15 is 0 Å². The molecule has 136 valence electrons. The molecule has 0 aliphatic rings. The van der Waals surface area contributed by atoms with Crippen LogP contribution in [0.25, 0.3) is 10.2 Å². The lowest BCUT2D eigenvalue weighted by Crippen LogP contribution is -2.27. The Morgan fingerprint density at radius 2 is 1.96 bits per heavy atom. The third-order valence-electron chi connectivity index (χ3n) is 4.85. The van der Waals surface area contributed by atoms with E-state index in [4.69, 9.17) is 0 Å². The van der Waals surface area contributed by atoms with Gasteiger partial charge in [0.2, 0.25) is 5.91 Å². The highest BCUT2D eigenvalue weighted by Gasteiger charge is 2.14. The van der Waals surface area contributed by atoms with E-state index in [0.29, 0.717) is 11.3 Å². The van der Waals surface area contributed by atoms with Gasteiger partial charge in [-0.1, -0.05) is 26.0 Å². The number of nitrogens with zero attached hydrogens (tertiary/aromatic N) is 2. The molecule has 0 bridgehead atoms. The predicted octanol–water partition coefficient (Wildman–Crippen LogP) is 4.23. The standard InChI is InChI=1S/C20H23N3O2S/c1-5-12(2)15-6-8-16(9-7-15)22-17(24)10-23-11-21-19-18(20(23)25)13(3)14(4)26-19/h6-9,11-12H,5,10H2,1-4H3,(H,22,24)/t12-/m1/s1. The molecule has 0 unspecified atom stereocenters. The van der Waals surface area contributed by atoms with Crippen LogP contribution in [0.1, 0.15) is 42.2 Å². The SMILES string of the molecule is CC[C@@H](C)c1ccc(NC(=O)Cn2cnc3sc(C)c(C)c3c2=O)cc1. The van der Waals surface area contributed by atoms with Gasteiger partial charge in [-0.15, -0.1) is 11.3 Å². The highest BCUT2D eigenvalue weighted by Crippen LogP contribution is 2.25. The van der Waals surface area contributed by atoms with Crippen LogP contribution in [0.2, 0.25) is 0 Å². The van der Waals surface area contributed by atoms with E-state index in [1.807, 2.05) is 38.1 Å². The quantitative estimate of drug-likeness (QED) is 0.732. The number of thiophene rings is 1. The van der Waals surface area contributed by atoms with Gasteiger partial charge in [0, 0.05) is 10.6 Å². The van der Waals surface area contributed by atoms with Gasteiger partial charge in [0.05, 0.1) is 11.7 Å². The Morgan fingerprint density at radius 3 is 2.62 bits per heavy atom. The van der Waals surface area contributed by atoms with Crippen LogP contribution in [0.5, 0.6) is 0 Å². The summed E-state index contributed by atoms with van der Waals surface area (Å²) >= 11 is 1.50. The lowest BCUT2D eigenvalue weighted by atomic mass is 9.99. The number of hydrogen-bond donors (Lipinski definition) is 1. The number of aryl methyl sites for hydroxylation is 2. The van der Waals surface area contributed by atoms with Gasteiger partial charge in [-0.2, -0.15) is 0 Å². The van der Waals surface area contributed by atoms with Crippen LogP contribution in [0, 0.1) is 13.8 Å². The molecule has 2 aromatic heterocycles. The zero-order chi connectivity index (χ0) is 18.8. The lowest BCUT2D eigenvalue weighted by Gasteiger charge is -2.11. The van der Waals surface area contributed by atoms with Crippen LogP contribution in [-0.2, 0) is 11.3 Å². The van der Waals surface area contributed by atoms with E-state index in [0.717, 1.165) is 27.4 Å². The van der Waals surface area contributed by atoms with Crippen molar-refractivity contribution in [2.75, 3.05) is 5.32 Å². The largest absolute Gasteiger partial charge is 0.325 e. The van der Waals surface area contributed by atoms with Crippen LogP contribution in [0.3, 0.4) is 0 Å². The maximum Gasteiger partial charge on any atom is 0.262 e. The highest BCUT2D eigenvalue weighted by atomic mass is 32.1. The smallest absolute Gasteiger partial charge is 0.262 e. The number of carbonyl (C=O) groups is 1. The second kappa shape index (κ2) is 7.41. The Balaban J connectivity index is 1.76. The maximum absolute atomic E-state index is 12.7. The van der Waals surface area contributed by atoms with Gasteiger partial charge in [-0.3, -0.25) is 14.2 Å². The molecule has 1 aromatic carbocycles. The minimum absolute atomic E-state index is 0.0524. The molecule has 3 aromatic rings. The van der Waals surface area contributed by atoms with Crippen molar-refractivity contribution in [3.05, 3.63) is 57.0 Å². The molecule has 5 nitrogen and oxygen atoms in total. The Morgan fingerprint density at radius 1 is 1.27 bits per heavy atom. The summed E-state index contributed by atoms with van der Waals surface area (Å²) in [5.41, 5.74) is 2.75. The monoisotopic (exact) mass is 369 g/mol. The molecule has 3 rings (SSSR count). The molecule has 1 amide bonds. The average molecular weight is 369 g/mol. The maximum atomic E-state index is 12.7. The predicted molar refractivity (Wildman–Crippen MR) is 107 cm³/mol. The minimum atomic E-state index is -0.242. The molecule has 0 aliphatic carbocycles. The molecule has 0 spiro atoms. The Bertz CT molecular complexity index is 1000. The van der Waals surface area contributed by atoms with E-state index in [1.54, 1.807) is 0 Å². The Labute approximate surface area is 156 Å². The molecule has 6 heteroatoms. The lowest BCUT2D eigenvalue weighted by molar-refractivity contribution is -0.116. The van der Waals surface area contributed by atoms with Crippen molar-refractivity contribution >= 4 is 33.1 Å². The third kappa shape index (κ3) is 3.55. The van der Waals surface area contributed by atoms with Gasteiger partial charge in [0.15, 0.2) is 0 Å². The van der Waals surface area contributed by atoms with Gasteiger partial charge in [-0.05, 0) is 49.4 Å². The summed E-state index contributed by atoms with van der Waals surface area (Å²) in [7, 11) is 0. The number of amides is 1. The van der Waals surface area contributed by atoms with Crippen molar-refractivity contribution < 1.29 is 4.79 Å². The van der Waals surface area contributed by atoms with Crippen LogP contribution >= 0.6 is 11.3 Å². The van der Waals surface area contributed by atoms with E-state index in [1.165, 1.54) is 27.8 Å². The highest BCUT2D eigenvalue weighted by molar-refractivity contribution is 7.18. The van der Waals surface area contributed by atoms with Crippen LogP contribution in [0.15, 0.2) is 35.4 Å². The summed E-state index contributed by atoms with van der Waals surface area (Å²) in [5, 5.41) is 3.46. The minimum Gasteiger partial charge on any atom is -0.325 e. The summed E-state index contributed by atoms with van der Waals surface area (Å²) in [5.74, 6) is 0.252. The summed E-state index contributed by atoms with van der Waals surface area (Å²) in [6.07, 6.45) is 2.53. The number of hydrogen-bond acceptors (Lipinski definition) is 4. The number of aromatic nitrogens is 2. The summed E-state index contributed by atoms with van der Waals surface area (Å²) < 4.78 is 1.37. The van der Waals surface area contributed by atoms with Crippen LogP contribution in [0.4, 0.5) is 5.69 Å². The summed E-state index contributed by atoms with van der Waals surface area (Å²) in [6, 6.07) is 7.86. The van der Waals surface area contributed by atoms with Crippen molar-refractivity contribution in [3.8, 4) is 0 Å². The fourth-order valence-corrected chi connectivity index (χ4v) is 3.86. The number of anilines is 1. The molecular formula is C20H23N3O2S. The Hall–Kier alpha value is -2.47. The molecule has 1 N–H and O–H groups in total. The first kappa shape index (κ1) is 18.3. The molecule has 0 saturated heterocycles. The second-order valence-electron chi connectivity index (χ2n) is 6.62. The Kier molecular flexibility index (Phi) is 5.23. The van der Waals surface area contributed by atoms with E-state index in [-0.39, 0.29) is 18.0 Å². The molecule has 2 heterocycles. The second-order valence-corrected chi connectivity index (χ2v) is 7.82. The molecule has 0 radical (unpaired) electrons. The van der Waals surface area contributed by atoms with Crippen LogP contribution in [-0.4, -0.2) is 15.5 Å².